The molecule has 0 bridgehead atoms. The summed E-state index contributed by atoms with van der Waals surface area (Å²) in [4.78, 5) is 12.1. The summed E-state index contributed by atoms with van der Waals surface area (Å²) in [7, 11) is 0. The van der Waals surface area contributed by atoms with Gasteiger partial charge in [0.1, 0.15) is 0 Å². The second-order valence-corrected chi connectivity index (χ2v) is 5.55. The minimum Gasteiger partial charge on any atom is -0.352 e. The van der Waals surface area contributed by atoms with Crippen molar-refractivity contribution in [2.45, 2.75) is 19.8 Å². The second kappa shape index (κ2) is 6.87. The Morgan fingerprint density at radius 3 is 3.05 bits per heavy atom. The highest BCUT2D eigenvalue weighted by atomic mass is 79.9. The Balaban J connectivity index is 1.87. The van der Waals surface area contributed by atoms with Crippen molar-refractivity contribution in [1.82, 2.24) is 10.6 Å². The van der Waals surface area contributed by atoms with Gasteiger partial charge < -0.3 is 10.6 Å². The van der Waals surface area contributed by atoms with E-state index in [1.54, 1.807) is 0 Å². The highest BCUT2D eigenvalue weighted by molar-refractivity contribution is 9.10. The Kier molecular flexibility index (Phi) is 5.16. The van der Waals surface area contributed by atoms with Crippen molar-refractivity contribution in [3.05, 3.63) is 45.4 Å². The van der Waals surface area contributed by atoms with Crippen LogP contribution in [-0.2, 0) is 0 Å². The van der Waals surface area contributed by atoms with Crippen LogP contribution in [0.1, 0.15) is 28.8 Å². The molecule has 1 aromatic rings. The Labute approximate surface area is 122 Å². The zero-order valence-electron chi connectivity index (χ0n) is 11.1. The monoisotopic (exact) mass is 322 g/mol. The number of benzene rings is 1. The van der Waals surface area contributed by atoms with Crippen molar-refractivity contribution < 1.29 is 4.79 Å². The highest BCUT2D eigenvalue weighted by Gasteiger charge is 2.11. The van der Waals surface area contributed by atoms with Crippen LogP contribution in [0.15, 0.2) is 34.3 Å². The smallest absolute Gasteiger partial charge is 0.252 e. The Morgan fingerprint density at radius 2 is 2.32 bits per heavy atom. The highest BCUT2D eigenvalue weighted by Crippen LogP contribution is 2.20. The number of hydrogen-bond acceptors (Lipinski definition) is 2. The molecule has 1 heterocycles. The number of nitrogens with one attached hydrogen (secondary N) is 2. The van der Waals surface area contributed by atoms with Crippen LogP contribution < -0.4 is 10.6 Å². The number of carbonyl (C=O) groups is 1. The van der Waals surface area contributed by atoms with Crippen molar-refractivity contribution in [3.8, 4) is 0 Å². The van der Waals surface area contributed by atoms with Crippen LogP contribution in [0.5, 0.6) is 0 Å². The normalized spacial score (nSPS) is 14.9. The molecule has 2 N–H and O–H groups in total. The molecule has 0 saturated carbocycles. The summed E-state index contributed by atoms with van der Waals surface area (Å²) in [5.74, 6) is -0.00916. The lowest BCUT2D eigenvalue weighted by atomic mass is 10.1. The lowest BCUT2D eigenvalue weighted by Crippen LogP contribution is -2.27. The van der Waals surface area contributed by atoms with Crippen LogP contribution in [0.3, 0.4) is 0 Å². The molecular weight excluding hydrogens is 304 g/mol. The number of halogens is 1. The Bertz CT molecular complexity index is 497. The number of carbonyl (C=O) groups excluding carboxylic acids is 1. The molecule has 0 radical (unpaired) electrons. The molecule has 102 valence electrons. The first kappa shape index (κ1) is 14.3. The van der Waals surface area contributed by atoms with E-state index < -0.39 is 0 Å². The number of hydrogen-bond donors (Lipinski definition) is 2. The zero-order valence-corrected chi connectivity index (χ0v) is 12.7. The Morgan fingerprint density at radius 1 is 1.47 bits per heavy atom. The van der Waals surface area contributed by atoms with Crippen molar-refractivity contribution in [1.29, 1.82) is 0 Å². The molecule has 2 rings (SSSR count). The molecule has 0 saturated heterocycles. The summed E-state index contributed by atoms with van der Waals surface area (Å²) >= 11 is 3.47. The van der Waals surface area contributed by atoms with Crippen LogP contribution in [0.2, 0.25) is 0 Å². The first-order valence-electron chi connectivity index (χ1n) is 6.60. The lowest BCUT2D eigenvalue weighted by Gasteiger charge is -2.14. The predicted molar refractivity (Wildman–Crippen MR) is 81.4 cm³/mol. The van der Waals surface area contributed by atoms with Crippen LogP contribution >= 0.6 is 15.9 Å². The summed E-state index contributed by atoms with van der Waals surface area (Å²) in [6.07, 6.45) is 4.25. The van der Waals surface area contributed by atoms with Gasteiger partial charge >= 0.3 is 0 Å². The molecule has 0 fully saturated rings. The third kappa shape index (κ3) is 3.91. The average molecular weight is 323 g/mol. The number of aryl methyl sites for hydroxylation is 1. The molecule has 1 aliphatic rings. The van der Waals surface area contributed by atoms with Crippen LogP contribution in [-0.4, -0.2) is 25.5 Å². The average Bonchev–Trinajstić information content (AvgIpc) is 2.43. The van der Waals surface area contributed by atoms with Gasteiger partial charge in [0, 0.05) is 17.6 Å². The van der Waals surface area contributed by atoms with E-state index in [4.69, 9.17) is 0 Å². The number of amides is 1. The second-order valence-electron chi connectivity index (χ2n) is 4.76. The van der Waals surface area contributed by atoms with E-state index in [9.17, 15) is 4.79 Å². The van der Waals surface area contributed by atoms with Gasteiger partial charge in [-0.1, -0.05) is 23.8 Å². The van der Waals surface area contributed by atoms with Crippen molar-refractivity contribution in [2.75, 3.05) is 19.6 Å². The minimum absolute atomic E-state index is 0.00916. The predicted octanol–water partition coefficient (Wildman–Crippen LogP) is 2.80. The van der Waals surface area contributed by atoms with E-state index in [1.165, 1.54) is 5.57 Å². The van der Waals surface area contributed by atoms with Gasteiger partial charge in [0.05, 0.1) is 5.56 Å². The lowest BCUT2D eigenvalue weighted by molar-refractivity contribution is 0.0953. The molecule has 0 spiro atoms. The fraction of sp³-hybridized carbons (Fsp3) is 0.400. The van der Waals surface area contributed by atoms with Gasteiger partial charge in [-0.25, -0.2) is 0 Å². The summed E-state index contributed by atoms with van der Waals surface area (Å²) in [5, 5.41) is 6.27. The molecule has 0 unspecified atom stereocenters. The van der Waals surface area contributed by atoms with Gasteiger partial charge in [0.15, 0.2) is 0 Å². The minimum atomic E-state index is -0.00916. The van der Waals surface area contributed by atoms with Crippen LogP contribution in [0.4, 0.5) is 0 Å². The fourth-order valence-corrected chi connectivity index (χ4v) is 2.60. The zero-order chi connectivity index (χ0) is 13.7. The van der Waals surface area contributed by atoms with Gasteiger partial charge in [0.25, 0.3) is 5.91 Å². The van der Waals surface area contributed by atoms with E-state index >= 15 is 0 Å². The van der Waals surface area contributed by atoms with Gasteiger partial charge in [-0.15, -0.1) is 0 Å². The van der Waals surface area contributed by atoms with Gasteiger partial charge in [-0.2, -0.15) is 0 Å². The van der Waals surface area contributed by atoms with Crippen molar-refractivity contribution >= 4 is 21.8 Å². The van der Waals surface area contributed by atoms with Gasteiger partial charge in [0.2, 0.25) is 0 Å². The largest absolute Gasteiger partial charge is 0.352 e. The molecule has 0 aromatic heterocycles. The van der Waals surface area contributed by atoms with Gasteiger partial charge in [-0.05, 0) is 53.9 Å². The molecule has 1 amide bonds. The van der Waals surface area contributed by atoms with E-state index in [0.29, 0.717) is 12.1 Å². The van der Waals surface area contributed by atoms with E-state index in [1.807, 2.05) is 25.1 Å². The molecule has 0 aliphatic carbocycles. The summed E-state index contributed by atoms with van der Waals surface area (Å²) in [5.41, 5.74) is 3.22. The maximum Gasteiger partial charge on any atom is 0.252 e. The van der Waals surface area contributed by atoms with Crippen molar-refractivity contribution in [2.24, 2.45) is 0 Å². The third-order valence-electron chi connectivity index (χ3n) is 3.33. The Hall–Kier alpha value is -1.13. The van der Waals surface area contributed by atoms with E-state index in [0.717, 1.165) is 36.0 Å². The van der Waals surface area contributed by atoms with E-state index in [-0.39, 0.29) is 5.91 Å². The molecular formula is C15H19BrN2O. The maximum absolute atomic E-state index is 12.1. The quantitative estimate of drug-likeness (QED) is 0.837. The van der Waals surface area contributed by atoms with Crippen LogP contribution in [0.25, 0.3) is 0 Å². The summed E-state index contributed by atoms with van der Waals surface area (Å²) in [6.45, 7) is 4.68. The molecule has 19 heavy (non-hydrogen) atoms. The summed E-state index contributed by atoms with van der Waals surface area (Å²) < 4.78 is 0.883. The number of rotatable bonds is 4. The topological polar surface area (TPSA) is 41.1 Å². The molecule has 4 heteroatoms. The first-order chi connectivity index (χ1) is 9.18. The molecule has 1 aromatic carbocycles. The maximum atomic E-state index is 12.1. The third-order valence-corrected chi connectivity index (χ3v) is 4.38. The molecule has 0 atom stereocenters. The summed E-state index contributed by atoms with van der Waals surface area (Å²) in [6, 6.07) is 5.74. The van der Waals surface area contributed by atoms with Crippen molar-refractivity contribution in [3.63, 3.8) is 0 Å². The van der Waals surface area contributed by atoms with Gasteiger partial charge in [-0.3, -0.25) is 4.79 Å². The standard InChI is InChI=1S/C15H19BrN2O/c1-11-3-2-4-13(14(11)16)15(19)18-10-7-12-5-8-17-9-6-12/h2-5,17H,6-10H2,1H3,(H,18,19). The fourth-order valence-electron chi connectivity index (χ4n) is 2.15. The first-order valence-corrected chi connectivity index (χ1v) is 7.39. The van der Waals surface area contributed by atoms with Crippen LogP contribution in [0, 0.1) is 6.92 Å². The molecule has 3 nitrogen and oxygen atoms in total. The molecule has 1 aliphatic heterocycles. The van der Waals surface area contributed by atoms with E-state index in [2.05, 4.69) is 32.6 Å². The SMILES string of the molecule is Cc1cccc(C(=O)NCCC2=CCNCC2)c1Br.